The molecule has 1 aromatic rings. The summed E-state index contributed by atoms with van der Waals surface area (Å²) < 4.78 is 43.2. The van der Waals surface area contributed by atoms with Crippen molar-refractivity contribution < 1.29 is 22.7 Å². The molecule has 2 aliphatic heterocycles. The zero-order valence-electron chi connectivity index (χ0n) is 14.8. The average Bonchev–Trinajstić information content (AvgIpc) is 2.62. The maximum atomic E-state index is 12.6. The van der Waals surface area contributed by atoms with E-state index in [-0.39, 0.29) is 12.3 Å². The summed E-state index contributed by atoms with van der Waals surface area (Å²) in [7, 11) is 0. The Morgan fingerprint density at radius 3 is 2.46 bits per heavy atom. The third-order valence-electron chi connectivity index (χ3n) is 5.13. The fourth-order valence-electron chi connectivity index (χ4n) is 3.69. The topological polar surface area (TPSA) is 32.8 Å². The lowest BCUT2D eigenvalue weighted by Crippen LogP contribution is -2.46. The zero-order chi connectivity index (χ0) is 18.6. The molecule has 2 aliphatic rings. The van der Waals surface area contributed by atoms with E-state index in [0.29, 0.717) is 11.5 Å². The number of carbonyl (C=O) groups is 1. The van der Waals surface area contributed by atoms with Crippen LogP contribution in [0, 0.1) is 5.92 Å². The fraction of sp³-hybridized carbons (Fsp3) is 0.632. The number of ether oxygens (including phenoxy) is 1. The van der Waals surface area contributed by atoms with Crippen molar-refractivity contribution in [1.29, 1.82) is 0 Å². The van der Waals surface area contributed by atoms with Crippen LogP contribution in [0.15, 0.2) is 24.3 Å². The second kappa shape index (κ2) is 8.39. The van der Waals surface area contributed by atoms with Crippen molar-refractivity contribution >= 4 is 5.91 Å². The number of piperidine rings is 1. The normalized spacial score (nSPS) is 22.4. The minimum Gasteiger partial charge on any atom is -0.379 e. The number of carbonyl (C=O) groups excluding carboxylic acids is 1. The van der Waals surface area contributed by atoms with Crippen LogP contribution in [0.5, 0.6) is 0 Å². The fourth-order valence-corrected chi connectivity index (χ4v) is 3.69. The molecule has 0 aromatic heterocycles. The van der Waals surface area contributed by atoms with Crippen molar-refractivity contribution in [3.63, 3.8) is 0 Å². The molecule has 4 nitrogen and oxygen atoms in total. The summed E-state index contributed by atoms with van der Waals surface area (Å²) in [5.74, 6) is 0.454. The lowest BCUT2D eigenvalue weighted by Gasteiger charge is -2.36. The first-order chi connectivity index (χ1) is 12.4. The van der Waals surface area contributed by atoms with E-state index in [0.717, 1.165) is 70.9 Å². The summed E-state index contributed by atoms with van der Waals surface area (Å²) >= 11 is 0. The molecule has 0 spiro atoms. The van der Waals surface area contributed by atoms with E-state index in [1.54, 1.807) is 0 Å². The van der Waals surface area contributed by atoms with E-state index in [4.69, 9.17) is 4.74 Å². The van der Waals surface area contributed by atoms with Gasteiger partial charge < -0.3 is 9.64 Å². The molecule has 3 rings (SSSR count). The standard InChI is InChI=1S/C19H25F3N2O2/c20-19(21,22)17-5-3-15(4-6-17)12-18(25)24-7-1-2-16(14-24)13-23-8-10-26-11-9-23/h3-6,16H,1-2,7-14H2/t16-/m0/s1. The summed E-state index contributed by atoms with van der Waals surface area (Å²) in [6.45, 7) is 5.86. The Morgan fingerprint density at radius 2 is 1.81 bits per heavy atom. The maximum absolute atomic E-state index is 12.6. The Kier molecular flexibility index (Phi) is 6.19. The quantitative estimate of drug-likeness (QED) is 0.817. The molecule has 1 atom stereocenters. The molecule has 1 amide bonds. The molecular formula is C19H25F3N2O2. The molecule has 2 saturated heterocycles. The van der Waals surface area contributed by atoms with Gasteiger partial charge in [0.2, 0.25) is 5.91 Å². The SMILES string of the molecule is O=C(Cc1ccc(C(F)(F)F)cc1)N1CCC[C@@H](CN2CCOCC2)C1. The molecule has 26 heavy (non-hydrogen) atoms. The molecular weight excluding hydrogens is 345 g/mol. The van der Waals surface area contributed by atoms with E-state index >= 15 is 0 Å². The van der Waals surface area contributed by atoms with E-state index in [9.17, 15) is 18.0 Å². The molecule has 0 radical (unpaired) electrons. The van der Waals surface area contributed by atoms with Gasteiger partial charge in [-0.3, -0.25) is 9.69 Å². The maximum Gasteiger partial charge on any atom is 0.416 e. The lowest BCUT2D eigenvalue weighted by molar-refractivity contribution is -0.137. The highest BCUT2D eigenvalue weighted by atomic mass is 19.4. The highest BCUT2D eigenvalue weighted by Crippen LogP contribution is 2.29. The van der Waals surface area contributed by atoms with Crippen LogP contribution in [-0.2, 0) is 22.1 Å². The summed E-state index contributed by atoms with van der Waals surface area (Å²) in [6, 6.07) is 4.88. The Hall–Kier alpha value is -1.60. The van der Waals surface area contributed by atoms with Crippen LogP contribution < -0.4 is 0 Å². The number of hydrogen-bond acceptors (Lipinski definition) is 3. The van der Waals surface area contributed by atoms with Gasteiger partial charge in [-0.1, -0.05) is 12.1 Å². The smallest absolute Gasteiger partial charge is 0.379 e. The first kappa shape index (κ1) is 19.2. The number of hydrogen-bond donors (Lipinski definition) is 0. The molecule has 1 aromatic carbocycles. The summed E-state index contributed by atoms with van der Waals surface area (Å²) in [4.78, 5) is 16.8. The lowest BCUT2D eigenvalue weighted by atomic mass is 9.96. The van der Waals surface area contributed by atoms with Gasteiger partial charge in [-0.15, -0.1) is 0 Å². The van der Waals surface area contributed by atoms with Crippen molar-refractivity contribution in [3.8, 4) is 0 Å². The molecule has 0 bridgehead atoms. The van der Waals surface area contributed by atoms with Gasteiger partial charge in [0.05, 0.1) is 25.2 Å². The first-order valence-electron chi connectivity index (χ1n) is 9.16. The van der Waals surface area contributed by atoms with E-state index in [1.165, 1.54) is 12.1 Å². The van der Waals surface area contributed by atoms with Crippen molar-refractivity contribution in [1.82, 2.24) is 9.80 Å². The number of amides is 1. The van der Waals surface area contributed by atoms with Crippen LogP contribution >= 0.6 is 0 Å². The van der Waals surface area contributed by atoms with Crippen molar-refractivity contribution in [2.24, 2.45) is 5.92 Å². The largest absolute Gasteiger partial charge is 0.416 e. The molecule has 0 saturated carbocycles. The van der Waals surface area contributed by atoms with Crippen LogP contribution in [-0.4, -0.2) is 61.6 Å². The number of rotatable bonds is 4. The molecule has 0 N–H and O–H groups in total. The van der Waals surface area contributed by atoms with Gasteiger partial charge in [0, 0.05) is 32.7 Å². The van der Waals surface area contributed by atoms with E-state index in [2.05, 4.69) is 4.90 Å². The van der Waals surface area contributed by atoms with Gasteiger partial charge >= 0.3 is 6.18 Å². The monoisotopic (exact) mass is 370 g/mol. The number of benzene rings is 1. The molecule has 0 aliphatic carbocycles. The van der Waals surface area contributed by atoms with Crippen LogP contribution in [0.25, 0.3) is 0 Å². The second-order valence-corrected chi connectivity index (χ2v) is 7.13. The van der Waals surface area contributed by atoms with Crippen LogP contribution in [0.4, 0.5) is 13.2 Å². The summed E-state index contributed by atoms with van der Waals surface area (Å²) in [5, 5.41) is 0. The van der Waals surface area contributed by atoms with Crippen LogP contribution in [0.3, 0.4) is 0 Å². The van der Waals surface area contributed by atoms with Gasteiger partial charge in [0.15, 0.2) is 0 Å². The van der Waals surface area contributed by atoms with Gasteiger partial charge in [-0.2, -0.15) is 13.2 Å². The second-order valence-electron chi connectivity index (χ2n) is 7.13. The molecule has 2 heterocycles. The predicted octanol–water partition coefficient (Wildman–Crippen LogP) is 2.82. The average molecular weight is 370 g/mol. The Balaban J connectivity index is 1.52. The number of likely N-dealkylation sites (tertiary alicyclic amines) is 1. The molecule has 7 heteroatoms. The summed E-state index contributed by atoms with van der Waals surface area (Å²) in [6.07, 6.45) is -2.10. The minimum atomic E-state index is -4.35. The van der Waals surface area contributed by atoms with E-state index in [1.807, 2.05) is 4.90 Å². The predicted molar refractivity (Wildman–Crippen MR) is 91.7 cm³/mol. The van der Waals surface area contributed by atoms with Gasteiger partial charge in [0.25, 0.3) is 0 Å². The number of halogens is 3. The van der Waals surface area contributed by atoms with Crippen molar-refractivity contribution in [3.05, 3.63) is 35.4 Å². The Bertz CT molecular complexity index is 598. The number of morpholine rings is 1. The first-order valence-corrected chi connectivity index (χ1v) is 9.16. The summed E-state index contributed by atoms with van der Waals surface area (Å²) in [5.41, 5.74) is -0.0597. The van der Waals surface area contributed by atoms with Crippen molar-refractivity contribution in [2.45, 2.75) is 25.4 Å². The highest BCUT2D eigenvalue weighted by molar-refractivity contribution is 5.78. The zero-order valence-corrected chi connectivity index (χ0v) is 14.8. The molecule has 144 valence electrons. The van der Waals surface area contributed by atoms with Crippen LogP contribution in [0.1, 0.15) is 24.0 Å². The van der Waals surface area contributed by atoms with Gasteiger partial charge in [0.1, 0.15) is 0 Å². The minimum absolute atomic E-state index is 0.00330. The third kappa shape index (κ3) is 5.20. The van der Waals surface area contributed by atoms with Gasteiger partial charge in [-0.05, 0) is 36.5 Å². The molecule has 0 unspecified atom stereocenters. The number of alkyl halides is 3. The van der Waals surface area contributed by atoms with E-state index < -0.39 is 11.7 Å². The Labute approximate surface area is 151 Å². The van der Waals surface area contributed by atoms with Crippen LogP contribution in [0.2, 0.25) is 0 Å². The third-order valence-corrected chi connectivity index (χ3v) is 5.13. The molecule has 2 fully saturated rings. The Morgan fingerprint density at radius 1 is 1.12 bits per heavy atom. The highest BCUT2D eigenvalue weighted by Gasteiger charge is 2.30. The van der Waals surface area contributed by atoms with Gasteiger partial charge in [-0.25, -0.2) is 0 Å². The number of nitrogens with zero attached hydrogens (tertiary/aromatic N) is 2. The van der Waals surface area contributed by atoms with Crippen molar-refractivity contribution in [2.75, 3.05) is 45.9 Å².